The van der Waals surface area contributed by atoms with Crippen molar-refractivity contribution in [1.82, 2.24) is 4.90 Å². The minimum absolute atomic E-state index is 0.101. The SMILES string of the molecule is CN(Cc1cccc(Cl)c1)C(=O)c1ccoc1Br. The standard InChI is InChI=1S/C13H11BrClNO2/c1-16(8-9-3-2-4-10(15)7-9)13(17)11-5-6-18-12(11)14/h2-7H,8H2,1H3. The van der Waals surface area contributed by atoms with Gasteiger partial charge < -0.3 is 9.32 Å². The van der Waals surface area contributed by atoms with E-state index in [4.69, 9.17) is 16.0 Å². The highest BCUT2D eigenvalue weighted by Crippen LogP contribution is 2.20. The Labute approximate surface area is 118 Å². The Bertz CT molecular complexity index is 568. The molecule has 2 aromatic rings. The molecule has 0 atom stereocenters. The fourth-order valence-corrected chi connectivity index (χ4v) is 2.26. The van der Waals surface area contributed by atoms with Gasteiger partial charge in [0.25, 0.3) is 5.91 Å². The number of nitrogens with zero attached hydrogens (tertiary/aromatic N) is 1. The molecule has 1 amide bonds. The van der Waals surface area contributed by atoms with Gasteiger partial charge in [0.1, 0.15) is 0 Å². The van der Waals surface area contributed by atoms with Gasteiger partial charge in [0.15, 0.2) is 4.67 Å². The third-order valence-electron chi connectivity index (χ3n) is 2.50. The molecule has 0 bridgehead atoms. The molecule has 0 aliphatic carbocycles. The van der Waals surface area contributed by atoms with Crippen molar-refractivity contribution in [2.24, 2.45) is 0 Å². The van der Waals surface area contributed by atoms with E-state index < -0.39 is 0 Å². The summed E-state index contributed by atoms with van der Waals surface area (Å²) < 4.78 is 5.50. The van der Waals surface area contributed by atoms with Gasteiger partial charge in [-0.2, -0.15) is 0 Å². The van der Waals surface area contributed by atoms with Crippen molar-refractivity contribution in [3.63, 3.8) is 0 Å². The van der Waals surface area contributed by atoms with Crippen molar-refractivity contribution in [3.8, 4) is 0 Å². The minimum atomic E-state index is -0.101. The zero-order valence-corrected chi connectivity index (χ0v) is 12.0. The number of hydrogen-bond donors (Lipinski definition) is 0. The van der Waals surface area contributed by atoms with E-state index in [0.717, 1.165) is 5.56 Å². The molecule has 0 saturated heterocycles. The lowest BCUT2D eigenvalue weighted by molar-refractivity contribution is 0.0783. The molecule has 1 aromatic heterocycles. The van der Waals surface area contributed by atoms with Gasteiger partial charge in [-0.05, 0) is 39.7 Å². The lowest BCUT2D eigenvalue weighted by atomic mass is 10.2. The number of carbonyl (C=O) groups is 1. The number of benzene rings is 1. The van der Waals surface area contributed by atoms with Gasteiger partial charge in [0.2, 0.25) is 0 Å². The fraction of sp³-hybridized carbons (Fsp3) is 0.154. The Morgan fingerprint density at radius 1 is 1.44 bits per heavy atom. The summed E-state index contributed by atoms with van der Waals surface area (Å²) in [5.74, 6) is -0.101. The van der Waals surface area contributed by atoms with E-state index in [1.54, 1.807) is 24.1 Å². The zero-order valence-electron chi connectivity index (χ0n) is 9.69. The third-order valence-corrected chi connectivity index (χ3v) is 3.35. The number of rotatable bonds is 3. The van der Waals surface area contributed by atoms with Gasteiger partial charge in [-0.25, -0.2) is 0 Å². The first-order valence-corrected chi connectivity index (χ1v) is 6.48. The van der Waals surface area contributed by atoms with Crippen LogP contribution in [0.3, 0.4) is 0 Å². The lowest BCUT2D eigenvalue weighted by Gasteiger charge is -2.16. The molecule has 18 heavy (non-hydrogen) atoms. The van der Waals surface area contributed by atoms with Crippen LogP contribution >= 0.6 is 27.5 Å². The fourth-order valence-electron chi connectivity index (χ4n) is 1.63. The highest BCUT2D eigenvalue weighted by Gasteiger charge is 2.17. The molecule has 0 unspecified atom stereocenters. The van der Waals surface area contributed by atoms with Crippen LogP contribution in [0.25, 0.3) is 0 Å². The van der Waals surface area contributed by atoms with Crippen molar-refractivity contribution < 1.29 is 9.21 Å². The van der Waals surface area contributed by atoms with Gasteiger partial charge in [-0.15, -0.1) is 0 Å². The molecule has 2 rings (SSSR count). The summed E-state index contributed by atoms with van der Waals surface area (Å²) in [6.45, 7) is 0.497. The van der Waals surface area contributed by atoms with E-state index in [2.05, 4.69) is 15.9 Å². The summed E-state index contributed by atoms with van der Waals surface area (Å²) >= 11 is 9.10. The summed E-state index contributed by atoms with van der Waals surface area (Å²) in [4.78, 5) is 13.7. The van der Waals surface area contributed by atoms with Gasteiger partial charge in [-0.3, -0.25) is 4.79 Å². The molecule has 3 nitrogen and oxygen atoms in total. The Morgan fingerprint density at radius 2 is 2.22 bits per heavy atom. The van der Waals surface area contributed by atoms with Gasteiger partial charge >= 0.3 is 0 Å². The third kappa shape index (κ3) is 2.94. The summed E-state index contributed by atoms with van der Waals surface area (Å²) in [5, 5.41) is 0.665. The quantitative estimate of drug-likeness (QED) is 0.854. The van der Waals surface area contributed by atoms with Crippen molar-refractivity contribution in [3.05, 3.63) is 57.4 Å². The average molecular weight is 329 g/mol. The topological polar surface area (TPSA) is 33.5 Å². The molecular weight excluding hydrogens is 318 g/mol. The second-order valence-corrected chi connectivity index (χ2v) is 5.06. The Balaban J connectivity index is 2.11. The maximum atomic E-state index is 12.1. The predicted molar refractivity (Wildman–Crippen MR) is 73.7 cm³/mol. The summed E-state index contributed by atoms with van der Waals surface area (Å²) in [7, 11) is 1.74. The van der Waals surface area contributed by atoms with E-state index in [1.807, 2.05) is 18.2 Å². The molecule has 94 valence electrons. The minimum Gasteiger partial charge on any atom is -0.457 e. The number of halogens is 2. The van der Waals surface area contributed by atoms with Crippen LogP contribution in [-0.2, 0) is 6.54 Å². The first kappa shape index (κ1) is 13.2. The molecule has 0 fully saturated rings. The second kappa shape index (κ2) is 5.59. The normalized spacial score (nSPS) is 10.4. The van der Waals surface area contributed by atoms with Gasteiger partial charge in [0, 0.05) is 18.6 Å². The van der Waals surface area contributed by atoms with Crippen LogP contribution in [0.15, 0.2) is 45.7 Å². The Kier molecular flexibility index (Phi) is 4.09. The van der Waals surface area contributed by atoms with Crippen LogP contribution in [0.4, 0.5) is 0 Å². The highest BCUT2D eigenvalue weighted by atomic mass is 79.9. The summed E-state index contributed by atoms with van der Waals surface area (Å²) in [5.41, 5.74) is 1.50. The molecule has 5 heteroatoms. The van der Waals surface area contributed by atoms with Crippen LogP contribution in [0.5, 0.6) is 0 Å². The molecule has 1 aromatic carbocycles. The van der Waals surface area contributed by atoms with Crippen molar-refractivity contribution in [1.29, 1.82) is 0 Å². The van der Waals surface area contributed by atoms with Crippen LogP contribution < -0.4 is 0 Å². The molecular formula is C13H11BrClNO2. The summed E-state index contributed by atoms with van der Waals surface area (Å²) in [6.07, 6.45) is 1.48. The maximum Gasteiger partial charge on any atom is 0.258 e. The summed E-state index contributed by atoms with van der Waals surface area (Å²) in [6, 6.07) is 9.08. The highest BCUT2D eigenvalue weighted by molar-refractivity contribution is 9.10. The largest absolute Gasteiger partial charge is 0.457 e. The molecule has 0 spiro atoms. The van der Waals surface area contributed by atoms with Crippen LogP contribution in [-0.4, -0.2) is 17.9 Å². The van der Waals surface area contributed by atoms with Gasteiger partial charge in [0.05, 0.1) is 11.8 Å². The Hall–Kier alpha value is -1.26. The zero-order chi connectivity index (χ0) is 13.1. The molecule has 0 saturated carbocycles. The number of furan rings is 1. The molecule has 0 radical (unpaired) electrons. The molecule has 0 aliphatic heterocycles. The lowest BCUT2D eigenvalue weighted by Crippen LogP contribution is -2.26. The molecule has 0 N–H and O–H groups in total. The first-order chi connectivity index (χ1) is 8.58. The maximum absolute atomic E-state index is 12.1. The van der Waals surface area contributed by atoms with Crippen molar-refractivity contribution >= 4 is 33.4 Å². The smallest absolute Gasteiger partial charge is 0.258 e. The van der Waals surface area contributed by atoms with E-state index >= 15 is 0 Å². The van der Waals surface area contributed by atoms with Crippen LogP contribution in [0.1, 0.15) is 15.9 Å². The number of amides is 1. The monoisotopic (exact) mass is 327 g/mol. The van der Waals surface area contributed by atoms with Crippen LogP contribution in [0, 0.1) is 0 Å². The van der Waals surface area contributed by atoms with Crippen molar-refractivity contribution in [2.75, 3.05) is 7.05 Å². The van der Waals surface area contributed by atoms with E-state index in [-0.39, 0.29) is 5.91 Å². The van der Waals surface area contributed by atoms with Crippen LogP contribution in [0.2, 0.25) is 5.02 Å². The predicted octanol–water partition coefficient (Wildman–Crippen LogP) is 3.97. The number of carbonyl (C=O) groups excluding carboxylic acids is 1. The van der Waals surface area contributed by atoms with E-state index in [1.165, 1.54) is 6.26 Å². The second-order valence-electron chi connectivity index (χ2n) is 3.90. The number of hydrogen-bond acceptors (Lipinski definition) is 2. The Morgan fingerprint density at radius 3 is 2.83 bits per heavy atom. The molecule has 1 heterocycles. The van der Waals surface area contributed by atoms with Crippen molar-refractivity contribution in [2.45, 2.75) is 6.54 Å². The van der Waals surface area contributed by atoms with E-state index in [0.29, 0.717) is 21.8 Å². The first-order valence-electron chi connectivity index (χ1n) is 5.31. The van der Waals surface area contributed by atoms with Gasteiger partial charge in [-0.1, -0.05) is 23.7 Å². The average Bonchev–Trinajstić information content (AvgIpc) is 2.74. The van der Waals surface area contributed by atoms with E-state index in [9.17, 15) is 4.79 Å². The molecule has 0 aliphatic rings.